The number of carbonyl (C=O) groups is 1. The fourth-order valence-electron chi connectivity index (χ4n) is 3.78. The van der Waals surface area contributed by atoms with Crippen LogP contribution in [0.15, 0.2) is 65.6 Å². The third kappa shape index (κ3) is 4.28. The highest BCUT2D eigenvalue weighted by molar-refractivity contribution is 6.33. The third-order valence-electron chi connectivity index (χ3n) is 5.48. The molecule has 1 aliphatic heterocycles. The second-order valence-corrected chi connectivity index (χ2v) is 7.80. The highest BCUT2D eigenvalue weighted by Crippen LogP contribution is 2.28. The fraction of sp³-hybridized carbons (Fsp3) is 0.261. The minimum atomic E-state index is -0.356. The fourth-order valence-corrected chi connectivity index (χ4v) is 4.04. The molecule has 2 heterocycles. The normalized spacial score (nSPS) is 14.7. The third-order valence-corrected chi connectivity index (χ3v) is 5.83. The van der Waals surface area contributed by atoms with Crippen molar-refractivity contribution in [3.05, 3.63) is 93.1 Å². The smallest absolute Gasteiger partial charge is 0.287 e. The van der Waals surface area contributed by atoms with E-state index in [1.54, 1.807) is 6.20 Å². The zero-order valence-corrected chi connectivity index (χ0v) is 17.1. The Labute approximate surface area is 178 Å². The molecule has 0 spiro atoms. The van der Waals surface area contributed by atoms with Gasteiger partial charge in [0.15, 0.2) is 5.78 Å². The number of benzene rings is 2. The Hall–Kier alpha value is -2.99. The molecule has 1 aliphatic rings. The van der Waals surface area contributed by atoms with Gasteiger partial charge in [0.05, 0.1) is 18.4 Å². The Morgan fingerprint density at radius 1 is 1.07 bits per heavy atom. The zero-order chi connectivity index (χ0) is 21.1. The Kier molecular flexibility index (Phi) is 5.95. The van der Waals surface area contributed by atoms with E-state index in [1.165, 1.54) is 28.9 Å². The summed E-state index contributed by atoms with van der Waals surface area (Å²) >= 11 is 6.39. The van der Waals surface area contributed by atoms with Gasteiger partial charge < -0.3 is 4.90 Å². The van der Waals surface area contributed by atoms with Crippen LogP contribution in [0.4, 0.5) is 10.1 Å². The first-order chi connectivity index (χ1) is 14.5. The minimum Gasteiger partial charge on any atom is -0.369 e. The van der Waals surface area contributed by atoms with Crippen molar-refractivity contribution in [2.45, 2.75) is 19.4 Å². The molecule has 0 aliphatic carbocycles. The summed E-state index contributed by atoms with van der Waals surface area (Å²) in [4.78, 5) is 27.3. The second-order valence-electron chi connectivity index (χ2n) is 7.42. The summed E-state index contributed by atoms with van der Waals surface area (Å²) in [5.74, 6) is -0.459. The summed E-state index contributed by atoms with van der Waals surface area (Å²) in [6, 6.07) is 15.3. The van der Waals surface area contributed by atoms with E-state index in [2.05, 4.69) is 5.10 Å². The van der Waals surface area contributed by atoms with Crippen LogP contribution in [0.5, 0.6) is 0 Å². The van der Waals surface area contributed by atoms with Crippen LogP contribution < -0.4 is 10.5 Å². The van der Waals surface area contributed by atoms with Gasteiger partial charge in [0.25, 0.3) is 5.56 Å². The van der Waals surface area contributed by atoms with E-state index in [4.69, 9.17) is 11.6 Å². The van der Waals surface area contributed by atoms with Gasteiger partial charge in [-0.2, -0.15) is 5.10 Å². The standard InChI is InChI=1S/C23H21ClFN3O2/c24-21-20(14-26-28(23(21)30)15-16-4-2-1-3-5-16)27-12-10-18(11-13-27)22(29)17-6-8-19(25)9-7-17/h1-9,14,18H,10-13,15H2. The van der Waals surface area contributed by atoms with Crippen LogP contribution >= 0.6 is 11.6 Å². The van der Waals surface area contributed by atoms with E-state index < -0.39 is 0 Å². The van der Waals surface area contributed by atoms with Gasteiger partial charge in [0.1, 0.15) is 10.8 Å². The highest BCUT2D eigenvalue weighted by atomic mass is 35.5. The maximum atomic E-state index is 13.1. The maximum absolute atomic E-state index is 13.1. The number of nitrogens with zero attached hydrogens (tertiary/aromatic N) is 3. The molecule has 3 aromatic rings. The molecule has 0 bridgehead atoms. The molecule has 0 saturated carbocycles. The highest BCUT2D eigenvalue weighted by Gasteiger charge is 2.27. The van der Waals surface area contributed by atoms with Gasteiger partial charge in [-0.25, -0.2) is 9.07 Å². The lowest BCUT2D eigenvalue weighted by atomic mass is 9.89. The first-order valence-electron chi connectivity index (χ1n) is 9.87. The van der Waals surface area contributed by atoms with Gasteiger partial charge in [0, 0.05) is 24.6 Å². The molecule has 0 unspecified atom stereocenters. The first kappa shape index (κ1) is 20.3. The van der Waals surface area contributed by atoms with Gasteiger partial charge in [-0.15, -0.1) is 0 Å². The van der Waals surface area contributed by atoms with Crippen molar-refractivity contribution < 1.29 is 9.18 Å². The van der Waals surface area contributed by atoms with Crippen LogP contribution in [0, 0.1) is 11.7 Å². The molecule has 5 nitrogen and oxygen atoms in total. The van der Waals surface area contributed by atoms with Crippen molar-refractivity contribution in [3.8, 4) is 0 Å². The van der Waals surface area contributed by atoms with Gasteiger partial charge in [0.2, 0.25) is 0 Å². The summed E-state index contributed by atoms with van der Waals surface area (Å²) in [5.41, 5.74) is 1.76. The number of piperidine rings is 1. The van der Waals surface area contributed by atoms with Gasteiger partial charge >= 0.3 is 0 Å². The van der Waals surface area contributed by atoms with E-state index >= 15 is 0 Å². The number of anilines is 1. The number of rotatable bonds is 5. The van der Waals surface area contributed by atoms with Gasteiger partial charge in [-0.05, 0) is 42.7 Å². The second kappa shape index (κ2) is 8.79. The molecule has 30 heavy (non-hydrogen) atoms. The number of aromatic nitrogens is 2. The SMILES string of the molecule is O=C(c1ccc(F)cc1)C1CCN(c2cnn(Cc3ccccc3)c(=O)c2Cl)CC1. The molecule has 0 N–H and O–H groups in total. The molecule has 1 aromatic heterocycles. The number of Topliss-reactive ketones (excluding diaryl/α,β-unsaturated/α-hetero) is 1. The summed E-state index contributed by atoms with van der Waals surface area (Å²) in [6.45, 7) is 1.55. The molecule has 0 atom stereocenters. The molecule has 0 amide bonds. The summed E-state index contributed by atoms with van der Waals surface area (Å²) < 4.78 is 14.4. The lowest BCUT2D eigenvalue weighted by Gasteiger charge is -2.33. The topological polar surface area (TPSA) is 55.2 Å². The van der Waals surface area contributed by atoms with Crippen molar-refractivity contribution >= 4 is 23.1 Å². The Bertz CT molecular complexity index is 1090. The van der Waals surface area contributed by atoms with Crippen molar-refractivity contribution in [1.29, 1.82) is 0 Å². The summed E-state index contributed by atoms with van der Waals surface area (Å²) in [6.07, 6.45) is 2.90. The molecule has 7 heteroatoms. The van der Waals surface area contributed by atoms with E-state index in [-0.39, 0.29) is 28.1 Å². The number of hydrogen-bond donors (Lipinski definition) is 0. The van der Waals surface area contributed by atoms with Gasteiger partial charge in [-0.3, -0.25) is 9.59 Å². The van der Waals surface area contributed by atoms with Crippen LogP contribution in [-0.2, 0) is 6.54 Å². The Balaban J connectivity index is 1.44. The van der Waals surface area contributed by atoms with Crippen LogP contribution in [0.2, 0.25) is 5.02 Å². The average molecular weight is 426 g/mol. The van der Waals surface area contributed by atoms with Gasteiger partial charge in [-0.1, -0.05) is 41.9 Å². The maximum Gasteiger partial charge on any atom is 0.287 e. The molecule has 4 rings (SSSR count). The van der Waals surface area contributed by atoms with Crippen LogP contribution in [0.25, 0.3) is 0 Å². The number of ketones is 1. The van der Waals surface area contributed by atoms with E-state index in [1.807, 2.05) is 35.2 Å². The van der Waals surface area contributed by atoms with E-state index in [0.717, 1.165) is 5.56 Å². The first-order valence-corrected chi connectivity index (χ1v) is 10.2. The largest absolute Gasteiger partial charge is 0.369 e. The van der Waals surface area contributed by atoms with Crippen molar-refractivity contribution in [1.82, 2.24) is 9.78 Å². The quantitative estimate of drug-likeness (QED) is 0.575. The number of halogens is 2. The van der Waals surface area contributed by atoms with E-state index in [9.17, 15) is 14.0 Å². The number of hydrogen-bond acceptors (Lipinski definition) is 4. The lowest BCUT2D eigenvalue weighted by molar-refractivity contribution is 0.0900. The monoisotopic (exact) mass is 425 g/mol. The van der Waals surface area contributed by atoms with Crippen molar-refractivity contribution in [2.75, 3.05) is 18.0 Å². The number of carbonyl (C=O) groups excluding carboxylic acids is 1. The Morgan fingerprint density at radius 2 is 1.73 bits per heavy atom. The molecular formula is C23H21ClFN3O2. The zero-order valence-electron chi connectivity index (χ0n) is 16.3. The predicted octanol–water partition coefficient (Wildman–Crippen LogP) is 4.18. The van der Waals surface area contributed by atoms with Crippen LogP contribution in [-0.4, -0.2) is 28.7 Å². The van der Waals surface area contributed by atoms with Crippen LogP contribution in [0.3, 0.4) is 0 Å². The molecule has 1 saturated heterocycles. The molecule has 2 aromatic carbocycles. The summed E-state index contributed by atoms with van der Waals surface area (Å²) in [5, 5.41) is 4.44. The molecular weight excluding hydrogens is 405 g/mol. The molecule has 154 valence electrons. The molecule has 1 fully saturated rings. The lowest BCUT2D eigenvalue weighted by Crippen LogP contribution is -2.38. The van der Waals surface area contributed by atoms with Crippen molar-refractivity contribution in [2.24, 2.45) is 5.92 Å². The Morgan fingerprint density at radius 3 is 2.40 bits per heavy atom. The van der Waals surface area contributed by atoms with Crippen LogP contribution in [0.1, 0.15) is 28.8 Å². The predicted molar refractivity (Wildman–Crippen MR) is 115 cm³/mol. The summed E-state index contributed by atoms with van der Waals surface area (Å²) in [7, 11) is 0. The average Bonchev–Trinajstić information content (AvgIpc) is 2.78. The minimum absolute atomic E-state index is 0.0251. The van der Waals surface area contributed by atoms with Crippen molar-refractivity contribution in [3.63, 3.8) is 0 Å². The molecule has 0 radical (unpaired) electrons. The van der Waals surface area contributed by atoms with E-state index in [0.29, 0.717) is 43.7 Å².